The van der Waals surface area contributed by atoms with E-state index in [-0.39, 0.29) is 0 Å². The molecule has 0 radical (unpaired) electrons. The first kappa shape index (κ1) is 18.6. The largest absolute Gasteiger partial charge is 0.497 e. The van der Waals surface area contributed by atoms with Gasteiger partial charge in [0.2, 0.25) is 0 Å². The minimum Gasteiger partial charge on any atom is -0.497 e. The number of nitrogens with one attached hydrogen (secondary N) is 1. The summed E-state index contributed by atoms with van der Waals surface area (Å²) in [5.74, 6) is 2.23. The van der Waals surface area contributed by atoms with Gasteiger partial charge in [-0.3, -0.25) is 4.99 Å². The average molecular weight is 341 g/mol. The van der Waals surface area contributed by atoms with Crippen molar-refractivity contribution in [1.82, 2.24) is 5.32 Å². The van der Waals surface area contributed by atoms with Crippen LogP contribution in [0.25, 0.3) is 0 Å². The second-order valence-electron chi connectivity index (χ2n) is 5.86. The monoisotopic (exact) mass is 341 g/mol. The Morgan fingerprint density at radius 2 is 1.80 bits per heavy atom. The quantitative estimate of drug-likeness (QED) is 0.572. The van der Waals surface area contributed by atoms with Gasteiger partial charge in [-0.15, -0.1) is 0 Å². The van der Waals surface area contributed by atoms with Gasteiger partial charge in [0.1, 0.15) is 11.5 Å². The van der Waals surface area contributed by atoms with Crippen molar-refractivity contribution < 1.29 is 9.47 Å². The van der Waals surface area contributed by atoms with Gasteiger partial charge in [-0.25, -0.2) is 0 Å². The minimum atomic E-state index is 0.472. The molecule has 0 aromatic heterocycles. The fourth-order valence-corrected chi connectivity index (χ4v) is 2.58. The van der Waals surface area contributed by atoms with Crippen LogP contribution in [0.2, 0.25) is 0 Å². The molecule has 0 fully saturated rings. The molecule has 0 heterocycles. The molecule has 0 bridgehead atoms. The van der Waals surface area contributed by atoms with Crippen LogP contribution in [0.4, 0.5) is 0 Å². The van der Waals surface area contributed by atoms with Crippen LogP contribution in [0.15, 0.2) is 47.5 Å². The Balaban J connectivity index is 1.77. The number of nitrogens with two attached hydrogens (primary N) is 1. The molecule has 0 saturated heterocycles. The summed E-state index contributed by atoms with van der Waals surface area (Å²) in [5, 5.41) is 3.15. The minimum absolute atomic E-state index is 0.472. The predicted molar refractivity (Wildman–Crippen MR) is 103 cm³/mol. The van der Waals surface area contributed by atoms with Crippen LogP contribution in [0.5, 0.6) is 11.5 Å². The van der Waals surface area contributed by atoms with E-state index < -0.39 is 0 Å². The lowest BCUT2D eigenvalue weighted by Gasteiger charge is -2.09. The van der Waals surface area contributed by atoms with E-state index in [1.807, 2.05) is 24.3 Å². The van der Waals surface area contributed by atoms with E-state index in [0.29, 0.717) is 12.5 Å². The standard InChI is InChI=1S/C20H27N3O2/c1-15-4-9-19(25-3)17(14-15)11-13-23-20(21)22-12-10-16-5-7-18(24-2)8-6-16/h4-9,14H,10-13H2,1-3H3,(H3,21,22,23). The summed E-state index contributed by atoms with van der Waals surface area (Å²) >= 11 is 0. The third kappa shape index (κ3) is 6.03. The molecule has 0 aliphatic carbocycles. The maximum absolute atomic E-state index is 5.94. The van der Waals surface area contributed by atoms with E-state index in [4.69, 9.17) is 15.2 Å². The summed E-state index contributed by atoms with van der Waals surface area (Å²) < 4.78 is 10.5. The van der Waals surface area contributed by atoms with Gasteiger partial charge in [0.05, 0.1) is 14.2 Å². The first-order chi connectivity index (χ1) is 12.1. The summed E-state index contributed by atoms with van der Waals surface area (Å²) in [6.07, 6.45) is 1.68. The molecule has 5 heteroatoms. The van der Waals surface area contributed by atoms with Crippen LogP contribution in [0, 0.1) is 6.92 Å². The van der Waals surface area contributed by atoms with Crippen LogP contribution >= 0.6 is 0 Å². The lowest BCUT2D eigenvalue weighted by atomic mass is 10.1. The Morgan fingerprint density at radius 3 is 2.48 bits per heavy atom. The highest BCUT2D eigenvalue weighted by Crippen LogP contribution is 2.20. The molecule has 134 valence electrons. The number of hydrogen-bond donors (Lipinski definition) is 2. The Bertz CT molecular complexity index is 697. The molecular formula is C20H27N3O2. The Hall–Kier alpha value is -2.69. The maximum atomic E-state index is 5.94. The normalized spacial score (nSPS) is 11.2. The van der Waals surface area contributed by atoms with Gasteiger partial charge < -0.3 is 20.5 Å². The molecule has 3 N–H and O–H groups in total. The summed E-state index contributed by atoms with van der Waals surface area (Å²) in [6.45, 7) is 3.44. The van der Waals surface area contributed by atoms with Crippen molar-refractivity contribution in [1.29, 1.82) is 0 Å². The van der Waals surface area contributed by atoms with E-state index in [1.54, 1.807) is 14.2 Å². The highest BCUT2D eigenvalue weighted by Gasteiger charge is 2.03. The fraction of sp³-hybridized carbons (Fsp3) is 0.350. The van der Waals surface area contributed by atoms with Crippen LogP contribution in [-0.4, -0.2) is 33.3 Å². The van der Waals surface area contributed by atoms with Gasteiger partial charge in [0.15, 0.2) is 5.96 Å². The molecule has 25 heavy (non-hydrogen) atoms. The first-order valence-corrected chi connectivity index (χ1v) is 8.42. The van der Waals surface area contributed by atoms with Crippen LogP contribution in [0.1, 0.15) is 16.7 Å². The second-order valence-corrected chi connectivity index (χ2v) is 5.86. The molecule has 0 atom stereocenters. The van der Waals surface area contributed by atoms with Crippen molar-refractivity contribution >= 4 is 5.96 Å². The fourth-order valence-electron chi connectivity index (χ4n) is 2.58. The molecule has 2 aromatic carbocycles. The number of guanidine groups is 1. The van der Waals surface area contributed by atoms with Crippen molar-refractivity contribution in [2.45, 2.75) is 19.8 Å². The van der Waals surface area contributed by atoms with Crippen LogP contribution < -0.4 is 20.5 Å². The third-order valence-electron chi connectivity index (χ3n) is 3.98. The van der Waals surface area contributed by atoms with E-state index >= 15 is 0 Å². The topological polar surface area (TPSA) is 68.9 Å². The molecule has 0 aliphatic rings. The first-order valence-electron chi connectivity index (χ1n) is 8.42. The van der Waals surface area contributed by atoms with Crippen molar-refractivity contribution in [3.05, 3.63) is 59.2 Å². The smallest absolute Gasteiger partial charge is 0.188 e. The lowest BCUT2D eigenvalue weighted by molar-refractivity contribution is 0.409. The van der Waals surface area contributed by atoms with Gasteiger partial charge in [-0.2, -0.15) is 0 Å². The number of aryl methyl sites for hydroxylation is 1. The lowest BCUT2D eigenvalue weighted by Crippen LogP contribution is -2.33. The van der Waals surface area contributed by atoms with Gasteiger partial charge in [0.25, 0.3) is 0 Å². The van der Waals surface area contributed by atoms with Gasteiger partial charge >= 0.3 is 0 Å². The molecular weight excluding hydrogens is 314 g/mol. The van der Waals surface area contributed by atoms with E-state index in [1.165, 1.54) is 11.1 Å². The number of methoxy groups -OCH3 is 2. The zero-order valence-corrected chi connectivity index (χ0v) is 15.2. The maximum Gasteiger partial charge on any atom is 0.188 e. The average Bonchev–Trinajstić information content (AvgIpc) is 2.62. The molecule has 0 spiro atoms. The van der Waals surface area contributed by atoms with Crippen molar-refractivity contribution in [2.24, 2.45) is 10.7 Å². The molecule has 2 aromatic rings. The zero-order valence-electron chi connectivity index (χ0n) is 15.2. The molecule has 0 unspecified atom stereocenters. The molecule has 0 aliphatic heterocycles. The van der Waals surface area contributed by atoms with Crippen molar-refractivity contribution in [3.63, 3.8) is 0 Å². The summed E-state index contributed by atoms with van der Waals surface area (Å²) in [4.78, 5) is 4.39. The second kappa shape index (κ2) is 9.57. The Labute approximate surface area is 149 Å². The Kier molecular flexibility index (Phi) is 7.14. The number of rotatable bonds is 8. The van der Waals surface area contributed by atoms with E-state index in [9.17, 15) is 0 Å². The van der Waals surface area contributed by atoms with E-state index in [2.05, 4.69) is 35.4 Å². The molecule has 5 nitrogen and oxygen atoms in total. The molecule has 2 rings (SSSR count). The number of aliphatic imine (C=N–C) groups is 1. The van der Waals surface area contributed by atoms with Crippen LogP contribution in [-0.2, 0) is 12.8 Å². The third-order valence-corrected chi connectivity index (χ3v) is 3.98. The highest BCUT2D eigenvalue weighted by atomic mass is 16.5. The van der Waals surface area contributed by atoms with Gasteiger partial charge in [0, 0.05) is 13.1 Å². The van der Waals surface area contributed by atoms with Crippen LogP contribution in [0.3, 0.4) is 0 Å². The molecule has 0 amide bonds. The number of ether oxygens (including phenoxy) is 2. The van der Waals surface area contributed by atoms with Crippen molar-refractivity contribution in [3.8, 4) is 11.5 Å². The highest BCUT2D eigenvalue weighted by molar-refractivity contribution is 5.77. The zero-order chi connectivity index (χ0) is 18.1. The van der Waals surface area contributed by atoms with Gasteiger partial charge in [-0.1, -0.05) is 29.8 Å². The number of hydrogen-bond acceptors (Lipinski definition) is 3. The number of benzene rings is 2. The summed E-state index contributed by atoms with van der Waals surface area (Å²) in [7, 11) is 3.35. The number of nitrogens with zero attached hydrogens (tertiary/aromatic N) is 1. The van der Waals surface area contributed by atoms with E-state index in [0.717, 1.165) is 36.4 Å². The Morgan fingerprint density at radius 1 is 1.04 bits per heavy atom. The SMILES string of the molecule is COc1ccc(CCNC(N)=NCCc2cc(C)ccc2OC)cc1. The molecule has 0 saturated carbocycles. The summed E-state index contributed by atoms with van der Waals surface area (Å²) in [5.41, 5.74) is 9.53. The predicted octanol–water partition coefficient (Wildman–Crippen LogP) is 2.70. The van der Waals surface area contributed by atoms with Gasteiger partial charge in [-0.05, 0) is 49.1 Å². The van der Waals surface area contributed by atoms with Crippen molar-refractivity contribution in [2.75, 3.05) is 27.3 Å². The summed E-state index contributed by atoms with van der Waals surface area (Å²) in [6, 6.07) is 14.2.